The number of hydrogen-bond donors (Lipinski definition) is 0. The maximum absolute atomic E-state index is 14.4. The van der Waals surface area contributed by atoms with Crippen LogP contribution < -0.4 is 0 Å². The average molecular weight is 307 g/mol. The van der Waals surface area contributed by atoms with Crippen molar-refractivity contribution in [2.75, 3.05) is 13.1 Å². The molecule has 1 aromatic rings. The predicted molar refractivity (Wildman–Crippen MR) is 89.6 cm³/mol. The van der Waals surface area contributed by atoms with Crippen LogP contribution in [0.25, 0.3) is 0 Å². The molecule has 2 rings (SSSR count). The van der Waals surface area contributed by atoms with E-state index in [4.69, 9.17) is 4.74 Å². The van der Waals surface area contributed by atoms with Crippen molar-refractivity contribution in [3.05, 3.63) is 35.1 Å². The van der Waals surface area contributed by atoms with Crippen LogP contribution in [0.4, 0.5) is 4.39 Å². The van der Waals surface area contributed by atoms with Crippen molar-refractivity contribution in [2.45, 2.75) is 71.6 Å². The van der Waals surface area contributed by atoms with E-state index in [9.17, 15) is 4.39 Å². The van der Waals surface area contributed by atoms with Crippen LogP contribution in [-0.4, -0.2) is 29.2 Å². The molecule has 0 radical (unpaired) electrons. The molecule has 0 bridgehead atoms. The SMILES string of the molecule is CC1(C)CN(Cc2ccc(C(C)(C)C)c(F)c2)CC(C)(C)O1. The van der Waals surface area contributed by atoms with Crippen LogP contribution >= 0.6 is 0 Å². The van der Waals surface area contributed by atoms with Gasteiger partial charge in [0.25, 0.3) is 0 Å². The molecule has 0 aromatic heterocycles. The van der Waals surface area contributed by atoms with Crippen molar-refractivity contribution in [2.24, 2.45) is 0 Å². The number of halogens is 1. The van der Waals surface area contributed by atoms with Gasteiger partial charge < -0.3 is 4.74 Å². The Labute approximate surface area is 134 Å². The summed E-state index contributed by atoms with van der Waals surface area (Å²) >= 11 is 0. The van der Waals surface area contributed by atoms with Gasteiger partial charge in [-0.25, -0.2) is 4.39 Å². The fourth-order valence-corrected chi connectivity index (χ4v) is 3.58. The van der Waals surface area contributed by atoms with E-state index in [0.717, 1.165) is 30.8 Å². The Morgan fingerprint density at radius 3 is 2.09 bits per heavy atom. The number of benzene rings is 1. The molecule has 0 aliphatic carbocycles. The van der Waals surface area contributed by atoms with Gasteiger partial charge in [-0.3, -0.25) is 4.90 Å². The normalized spacial score (nSPS) is 21.8. The standard InChI is InChI=1S/C19H30FNO/c1-17(2,3)15-9-8-14(10-16(15)20)11-21-12-18(4,5)22-19(6,7)13-21/h8-10H,11-13H2,1-7H3. The first-order chi connectivity index (χ1) is 9.88. The summed E-state index contributed by atoms with van der Waals surface area (Å²) in [6.45, 7) is 17.1. The van der Waals surface area contributed by atoms with Gasteiger partial charge in [-0.05, 0) is 50.3 Å². The van der Waals surface area contributed by atoms with Crippen molar-refractivity contribution < 1.29 is 9.13 Å². The largest absolute Gasteiger partial charge is 0.367 e. The summed E-state index contributed by atoms with van der Waals surface area (Å²) in [6.07, 6.45) is 0. The highest BCUT2D eigenvalue weighted by molar-refractivity contribution is 5.29. The van der Waals surface area contributed by atoms with Crippen LogP contribution in [0.2, 0.25) is 0 Å². The highest BCUT2D eigenvalue weighted by Crippen LogP contribution is 2.30. The molecule has 1 aliphatic rings. The molecule has 0 unspecified atom stereocenters. The van der Waals surface area contributed by atoms with Gasteiger partial charge in [0.1, 0.15) is 5.82 Å². The third-order valence-corrected chi connectivity index (χ3v) is 4.01. The molecule has 1 aliphatic heterocycles. The average Bonchev–Trinajstić information content (AvgIpc) is 2.21. The summed E-state index contributed by atoms with van der Waals surface area (Å²) in [5.41, 5.74) is 1.29. The predicted octanol–water partition coefficient (Wildman–Crippen LogP) is 4.51. The zero-order valence-electron chi connectivity index (χ0n) is 15.1. The maximum atomic E-state index is 14.4. The van der Waals surface area contributed by atoms with Gasteiger partial charge in [0.05, 0.1) is 11.2 Å². The minimum atomic E-state index is -0.175. The number of morpholine rings is 1. The Hall–Kier alpha value is -0.930. The Kier molecular flexibility index (Phi) is 4.44. The first-order valence-corrected chi connectivity index (χ1v) is 8.09. The molecule has 124 valence electrons. The van der Waals surface area contributed by atoms with Gasteiger partial charge in [0, 0.05) is 19.6 Å². The Morgan fingerprint density at radius 1 is 1.09 bits per heavy atom. The van der Waals surface area contributed by atoms with Crippen molar-refractivity contribution >= 4 is 0 Å². The minimum Gasteiger partial charge on any atom is -0.367 e. The summed E-state index contributed by atoms with van der Waals surface area (Å²) in [7, 11) is 0. The Balaban J connectivity index is 2.16. The second-order valence-corrected chi connectivity index (χ2v) is 8.83. The summed E-state index contributed by atoms with van der Waals surface area (Å²) in [4.78, 5) is 2.36. The Bertz CT molecular complexity index is 527. The number of ether oxygens (including phenoxy) is 1. The first kappa shape index (κ1) is 17.4. The molecule has 3 heteroatoms. The zero-order valence-corrected chi connectivity index (χ0v) is 15.1. The van der Waals surface area contributed by atoms with Gasteiger partial charge in [0.15, 0.2) is 0 Å². The summed E-state index contributed by atoms with van der Waals surface area (Å²) in [6, 6.07) is 5.68. The van der Waals surface area contributed by atoms with E-state index >= 15 is 0 Å². The number of hydrogen-bond acceptors (Lipinski definition) is 2. The molecule has 0 atom stereocenters. The molecule has 0 N–H and O–H groups in total. The summed E-state index contributed by atoms with van der Waals surface area (Å²) in [5, 5.41) is 0. The van der Waals surface area contributed by atoms with E-state index in [2.05, 4.69) is 38.7 Å². The molecule has 1 fully saturated rings. The lowest BCUT2D eigenvalue weighted by atomic mass is 9.86. The van der Waals surface area contributed by atoms with Gasteiger partial charge in [-0.2, -0.15) is 0 Å². The second kappa shape index (κ2) is 5.61. The molecule has 1 heterocycles. The molecular formula is C19H30FNO. The van der Waals surface area contributed by atoms with Crippen molar-refractivity contribution in [1.82, 2.24) is 4.90 Å². The van der Waals surface area contributed by atoms with Crippen LogP contribution in [0.1, 0.15) is 59.6 Å². The highest BCUT2D eigenvalue weighted by Gasteiger charge is 2.37. The van der Waals surface area contributed by atoms with E-state index in [1.807, 2.05) is 26.8 Å². The lowest BCUT2D eigenvalue weighted by Crippen LogP contribution is -2.56. The molecule has 1 aromatic carbocycles. The lowest BCUT2D eigenvalue weighted by molar-refractivity contribution is -0.182. The maximum Gasteiger partial charge on any atom is 0.127 e. The topological polar surface area (TPSA) is 12.5 Å². The molecule has 0 saturated carbocycles. The van der Waals surface area contributed by atoms with E-state index in [0.29, 0.717) is 0 Å². The molecule has 22 heavy (non-hydrogen) atoms. The molecule has 2 nitrogen and oxygen atoms in total. The van der Waals surface area contributed by atoms with Crippen molar-refractivity contribution in [3.8, 4) is 0 Å². The van der Waals surface area contributed by atoms with Gasteiger partial charge in [0.2, 0.25) is 0 Å². The first-order valence-electron chi connectivity index (χ1n) is 8.09. The van der Waals surface area contributed by atoms with Gasteiger partial charge in [-0.15, -0.1) is 0 Å². The van der Waals surface area contributed by atoms with Crippen LogP contribution in [0.5, 0.6) is 0 Å². The van der Waals surface area contributed by atoms with Crippen LogP contribution in [0.15, 0.2) is 18.2 Å². The van der Waals surface area contributed by atoms with Crippen molar-refractivity contribution in [1.29, 1.82) is 0 Å². The third kappa shape index (κ3) is 4.30. The van der Waals surface area contributed by atoms with Gasteiger partial charge in [-0.1, -0.05) is 32.9 Å². The summed E-state index contributed by atoms with van der Waals surface area (Å²) < 4.78 is 20.5. The second-order valence-electron chi connectivity index (χ2n) is 8.83. The molecule has 1 saturated heterocycles. The van der Waals surface area contributed by atoms with Crippen molar-refractivity contribution in [3.63, 3.8) is 0 Å². The van der Waals surface area contributed by atoms with Crippen LogP contribution in [0.3, 0.4) is 0 Å². The minimum absolute atomic E-state index is 0.100. The highest BCUT2D eigenvalue weighted by atomic mass is 19.1. The monoisotopic (exact) mass is 307 g/mol. The lowest BCUT2D eigenvalue weighted by Gasteiger charge is -2.47. The molecule has 0 amide bonds. The smallest absolute Gasteiger partial charge is 0.127 e. The zero-order chi connectivity index (χ0) is 16.8. The quantitative estimate of drug-likeness (QED) is 0.797. The van der Waals surface area contributed by atoms with Crippen LogP contribution in [-0.2, 0) is 16.7 Å². The van der Waals surface area contributed by atoms with E-state index in [1.165, 1.54) is 0 Å². The van der Waals surface area contributed by atoms with Crippen LogP contribution in [0, 0.1) is 5.82 Å². The molecule has 0 spiro atoms. The summed E-state index contributed by atoms with van der Waals surface area (Å²) in [5.74, 6) is -0.100. The Morgan fingerprint density at radius 2 is 1.64 bits per heavy atom. The number of nitrogens with zero attached hydrogens (tertiary/aromatic N) is 1. The molecular weight excluding hydrogens is 277 g/mol. The van der Waals surface area contributed by atoms with E-state index in [-0.39, 0.29) is 22.4 Å². The fraction of sp³-hybridized carbons (Fsp3) is 0.684. The van der Waals surface area contributed by atoms with Gasteiger partial charge >= 0.3 is 0 Å². The number of rotatable bonds is 2. The fourth-order valence-electron chi connectivity index (χ4n) is 3.58. The third-order valence-electron chi connectivity index (χ3n) is 4.01. The van der Waals surface area contributed by atoms with E-state index in [1.54, 1.807) is 6.07 Å². The van der Waals surface area contributed by atoms with E-state index < -0.39 is 0 Å².